The third kappa shape index (κ3) is 9.01. The fraction of sp³-hybridized carbons (Fsp3) is 1.00. The van der Waals surface area contributed by atoms with Crippen LogP contribution in [0.4, 0.5) is 0 Å². The van der Waals surface area contributed by atoms with E-state index in [2.05, 4.69) is 6.92 Å². The maximum atomic E-state index is 11.2. The van der Waals surface area contributed by atoms with Gasteiger partial charge in [0.2, 0.25) is 0 Å². The molecule has 14 heavy (non-hydrogen) atoms. The van der Waals surface area contributed by atoms with Crippen molar-refractivity contribution in [3.63, 3.8) is 0 Å². The van der Waals surface area contributed by atoms with Crippen molar-refractivity contribution in [2.75, 3.05) is 13.2 Å². The Bertz CT molecular complexity index is 175. The summed E-state index contributed by atoms with van der Waals surface area (Å²) in [6.45, 7) is 1.36. The second kappa shape index (κ2) is 8.72. The van der Waals surface area contributed by atoms with Gasteiger partial charge in [-0.1, -0.05) is 32.6 Å². The molecular formula is C9H20ClO3P. The molecule has 0 bridgehead atoms. The van der Waals surface area contributed by atoms with Crippen LogP contribution in [-0.2, 0) is 13.6 Å². The molecule has 0 amide bonds. The van der Waals surface area contributed by atoms with Crippen molar-refractivity contribution in [1.29, 1.82) is 0 Å². The van der Waals surface area contributed by atoms with Gasteiger partial charge in [-0.2, -0.15) is 0 Å². The Morgan fingerprint density at radius 2 is 1.71 bits per heavy atom. The first-order chi connectivity index (χ1) is 6.62. The highest BCUT2D eigenvalue weighted by Gasteiger charge is 2.18. The first-order valence-electron chi connectivity index (χ1n) is 5.21. The Labute approximate surface area is 91.4 Å². The van der Waals surface area contributed by atoms with Crippen LogP contribution in [-0.4, -0.2) is 13.2 Å². The molecule has 0 aliphatic rings. The van der Waals surface area contributed by atoms with Crippen molar-refractivity contribution in [2.24, 2.45) is 0 Å². The maximum Gasteiger partial charge on any atom is 0.424 e. The van der Waals surface area contributed by atoms with E-state index < -0.39 is 6.95 Å². The van der Waals surface area contributed by atoms with Crippen LogP contribution in [0, 0.1) is 0 Å². The molecule has 0 aromatic carbocycles. The zero-order valence-electron chi connectivity index (χ0n) is 9.00. The number of hydrogen-bond acceptors (Lipinski definition) is 3. The standard InChI is InChI=1S/C9H20ClO3P/c1-3-5-6-7-8-9-13-14(10,11)12-4-2/h3-9H2,1-2H3. The zero-order valence-corrected chi connectivity index (χ0v) is 10.7. The van der Waals surface area contributed by atoms with E-state index in [4.69, 9.17) is 20.3 Å². The van der Waals surface area contributed by atoms with Crippen molar-refractivity contribution in [1.82, 2.24) is 0 Å². The summed E-state index contributed by atoms with van der Waals surface area (Å²) in [5.41, 5.74) is 0. The molecule has 86 valence electrons. The average molecular weight is 243 g/mol. The Balaban J connectivity index is 3.30. The molecule has 0 N–H and O–H groups in total. The van der Waals surface area contributed by atoms with Gasteiger partial charge in [-0.25, -0.2) is 4.57 Å². The lowest BCUT2D eigenvalue weighted by molar-refractivity contribution is 0.222. The summed E-state index contributed by atoms with van der Waals surface area (Å²) in [6, 6.07) is 0. The number of rotatable bonds is 9. The Morgan fingerprint density at radius 1 is 1.07 bits per heavy atom. The van der Waals surface area contributed by atoms with Crippen LogP contribution in [0.2, 0.25) is 0 Å². The monoisotopic (exact) mass is 242 g/mol. The van der Waals surface area contributed by atoms with Gasteiger partial charge in [0.1, 0.15) is 0 Å². The summed E-state index contributed by atoms with van der Waals surface area (Å²) in [6.07, 6.45) is 5.64. The van der Waals surface area contributed by atoms with Gasteiger partial charge in [0.25, 0.3) is 0 Å². The number of unbranched alkanes of at least 4 members (excludes halogenated alkanes) is 4. The minimum absolute atomic E-state index is 0.316. The largest absolute Gasteiger partial charge is 0.424 e. The lowest BCUT2D eigenvalue weighted by atomic mass is 10.2. The molecule has 0 radical (unpaired) electrons. The fourth-order valence-corrected chi connectivity index (χ4v) is 2.30. The van der Waals surface area contributed by atoms with Crippen molar-refractivity contribution in [3.05, 3.63) is 0 Å². The lowest BCUT2D eigenvalue weighted by Gasteiger charge is -2.09. The fourth-order valence-electron chi connectivity index (χ4n) is 1.07. The smallest absolute Gasteiger partial charge is 0.297 e. The molecule has 0 rings (SSSR count). The van der Waals surface area contributed by atoms with E-state index in [-0.39, 0.29) is 0 Å². The van der Waals surface area contributed by atoms with Crippen LogP contribution in [0.15, 0.2) is 0 Å². The van der Waals surface area contributed by atoms with Crippen LogP contribution >= 0.6 is 18.2 Å². The van der Waals surface area contributed by atoms with Gasteiger partial charge < -0.3 is 0 Å². The summed E-state index contributed by atoms with van der Waals surface area (Å²) in [7, 11) is 0. The van der Waals surface area contributed by atoms with Crippen molar-refractivity contribution in [3.8, 4) is 0 Å². The minimum atomic E-state index is -3.28. The summed E-state index contributed by atoms with van der Waals surface area (Å²) in [5, 5.41) is 0. The van der Waals surface area contributed by atoms with Gasteiger partial charge >= 0.3 is 6.95 Å². The Hall–Kier alpha value is 0.440. The van der Waals surface area contributed by atoms with E-state index in [9.17, 15) is 4.57 Å². The van der Waals surface area contributed by atoms with E-state index in [0.717, 1.165) is 12.8 Å². The van der Waals surface area contributed by atoms with Crippen molar-refractivity contribution < 1.29 is 13.6 Å². The van der Waals surface area contributed by atoms with Gasteiger partial charge in [-0.05, 0) is 13.3 Å². The number of hydrogen-bond donors (Lipinski definition) is 0. The predicted molar refractivity (Wildman–Crippen MR) is 59.8 cm³/mol. The SMILES string of the molecule is CCCCCCCOP(=O)(Cl)OCC. The normalized spacial score (nSPS) is 15.4. The van der Waals surface area contributed by atoms with Gasteiger partial charge in [-0.15, -0.1) is 0 Å². The van der Waals surface area contributed by atoms with Crippen LogP contribution in [0.3, 0.4) is 0 Å². The summed E-state index contributed by atoms with van der Waals surface area (Å²) in [5.74, 6) is 0. The third-order valence-electron chi connectivity index (χ3n) is 1.78. The second-order valence-electron chi connectivity index (χ2n) is 3.10. The van der Waals surface area contributed by atoms with E-state index in [0.29, 0.717) is 13.2 Å². The first kappa shape index (κ1) is 14.4. The molecule has 1 atom stereocenters. The zero-order chi connectivity index (χ0) is 10.9. The average Bonchev–Trinajstić information content (AvgIpc) is 2.11. The molecule has 3 nitrogen and oxygen atoms in total. The molecule has 0 saturated heterocycles. The molecule has 1 unspecified atom stereocenters. The van der Waals surface area contributed by atoms with Gasteiger partial charge in [0.15, 0.2) is 0 Å². The summed E-state index contributed by atoms with van der Waals surface area (Å²) >= 11 is 5.49. The van der Waals surface area contributed by atoms with Crippen LogP contribution in [0.25, 0.3) is 0 Å². The van der Waals surface area contributed by atoms with Crippen LogP contribution in [0.1, 0.15) is 46.0 Å². The van der Waals surface area contributed by atoms with Crippen LogP contribution in [0.5, 0.6) is 0 Å². The predicted octanol–water partition coefficient (Wildman–Crippen LogP) is 4.36. The molecule has 0 aromatic rings. The topological polar surface area (TPSA) is 35.5 Å². The molecule has 0 aromatic heterocycles. The van der Waals surface area contributed by atoms with E-state index in [1.54, 1.807) is 6.92 Å². The summed E-state index contributed by atoms with van der Waals surface area (Å²) < 4.78 is 20.9. The maximum absolute atomic E-state index is 11.2. The second-order valence-corrected chi connectivity index (χ2v) is 5.72. The lowest BCUT2D eigenvalue weighted by Crippen LogP contribution is -1.93. The quantitative estimate of drug-likeness (QED) is 0.445. The minimum Gasteiger partial charge on any atom is -0.297 e. The van der Waals surface area contributed by atoms with Crippen molar-refractivity contribution >= 4 is 18.2 Å². The molecule has 0 heterocycles. The molecule has 0 saturated carbocycles. The first-order valence-corrected chi connectivity index (χ1v) is 7.66. The molecular weight excluding hydrogens is 223 g/mol. The molecule has 0 aliphatic heterocycles. The number of halogens is 1. The van der Waals surface area contributed by atoms with E-state index in [1.165, 1.54) is 19.3 Å². The van der Waals surface area contributed by atoms with Crippen molar-refractivity contribution in [2.45, 2.75) is 46.0 Å². The molecule has 5 heteroatoms. The highest BCUT2D eigenvalue weighted by atomic mass is 35.7. The highest BCUT2D eigenvalue weighted by Crippen LogP contribution is 2.53. The van der Waals surface area contributed by atoms with E-state index >= 15 is 0 Å². The Morgan fingerprint density at radius 3 is 2.29 bits per heavy atom. The van der Waals surface area contributed by atoms with Crippen LogP contribution < -0.4 is 0 Å². The summed E-state index contributed by atoms with van der Waals surface area (Å²) in [4.78, 5) is 0. The Kier molecular flexibility index (Phi) is 9.00. The van der Waals surface area contributed by atoms with E-state index in [1.807, 2.05) is 0 Å². The third-order valence-corrected chi connectivity index (χ3v) is 3.42. The highest BCUT2D eigenvalue weighted by molar-refractivity contribution is 7.81. The van der Waals surface area contributed by atoms with Gasteiger partial charge in [-0.3, -0.25) is 9.05 Å². The molecule has 0 spiro atoms. The molecule has 0 fully saturated rings. The molecule has 0 aliphatic carbocycles. The van der Waals surface area contributed by atoms with Gasteiger partial charge in [0.05, 0.1) is 13.2 Å². The van der Waals surface area contributed by atoms with Gasteiger partial charge in [0, 0.05) is 11.2 Å².